The fourth-order valence-corrected chi connectivity index (χ4v) is 0.543. The lowest BCUT2D eigenvalue weighted by atomic mass is 10.3. The molecule has 1 amide bonds. The first-order chi connectivity index (χ1) is 4.30. The number of nitrogens with zero attached hydrogens (tertiary/aromatic N) is 1. The quantitative estimate of drug-likeness (QED) is 0.471. The van der Waals surface area contributed by atoms with E-state index in [1.165, 1.54) is 6.34 Å². The molecule has 9 heavy (non-hydrogen) atoms. The summed E-state index contributed by atoms with van der Waals surface area (Å²) in [4.78, 5) is 14.2. The molecule has 0 bridgehead atoms. The summed E-state index contributed by atoms with van der Waals surface area (Å²) in [6, 6.07) is 0. The molecule has 0 fully saturated rings. The SMILES string of the molecule is NC(=O)C1=CCN=CN1. The predicted molar refractivity (Wildman–Crippen MR) is 33.8 cm³/mol. The fourth-order valence-electron chi connectivity index (χ4n) is 0.543. The molecule has 0 aliphatic carbocycles. The van der Waals surface area contributed by atoms with Crippen molar-refractivity contribution in [1.82, 2.24) is 5.32 Å². The number of hydrogen-bond donors (Lipinski definition) is 2. The van der Waals surface area contributed by atoms with Crippen molar-refractivity contribution < 1.29 is 4.79 Å². The van der Waals surface area contributed by atoms with Gasteiger partial charge in [-0.05, 0) is 6.08 Å². The lowest BCUT2D eigenvalue weighted by Crippen LogP contribution is -2.27. The van der Waals surface area contributed by atoms with Crippen LogP contribution in [0.5, 0.6) is 0 Å². The van der Waals surface area contributed by atoms with Crippen molar-refractivity contribution in [3.05, 3.63) is 11.8 Å². The summed E-state index contributed by atoms with van der Waals surface area (Å²) in [5.41, 5.74) is 5.36. The lowest BCUT2D eigenvalue weighted by Gasteiger charge is -2.04. The maximum Gasteiger partial charge on any atom is 0.264 e. The average molecular weight is 125 g/mol. The number of rotatable bonds is 1. The highest BCUT2D eigenvalue weighted by Gasteiger charge is 2.02. The molecule has 4 nitrogen and oxygen atoms in total. The van der Waals surface area contributed by atoms with E-state index in [1.54, 1.807) is 6.08 Å². The van der Waals surface area contributed by atoms with E-state index in [-0.39, 0.29) is 0 Å². The van der Waals surface area contributed by atoms with Gasteiger partial charge >= 0.3 is 0 Å². The normalized spacial score (nSPS) is 16.2. The molecular formula is C5H7N3O. The van der Waals surface area contributed by atoms with Crippen LogP contribution < -0.4 is 11.1 Å². The highest BCUT2D eigenvalue weighted by molar-refractivity contribution is 5.94. The van der Waals surface area contributed by atoms with E-state index in [9.17, 15) is 4.79 Å². The van der Waals surface area contributed by atoms with Crippen LogP contribution in [0.3, 0.4) is 0 Å². The highest BCUT2D eigenvalue weighted by Crippen LogP contribution is 1.89. The third-order valence-corrected chi connectivity index (χ3v) is 0.978. The number of nitrogens with two attached hydrogens (primary N) is 1. The zero-order valence-corrected chi connectivity index (χ0v) is 4.79. The maximum atomic E-state index is 10.4. The van der Waals surface area contributed by atoms with Crippen LogP contribution >= 0.6 is 0 Å². The zero-order chi connectivity index (χ0) is 6.69. The Balaban J connectivity index is 2.61. The van der Waals surface area contributed by atoms with E-state index < -0.39 is 5.91 Å². The van der Waals surface area contributed by atoms with E-state index in [2.05, 4.69) is 10.3 Å². The summed E-state index contributed by atoms with van der Waals surface area (Å²) >= 11 is 0. The Labute approximate surface area is 52.5 Å². The third-order valence-electron chi connectivity index (χ3n) is 0.978. The summed E-state index contributed by atoms with van der Waals surface area (Å²) < 4.78 is 0. The predicted octanol–water partition coefficient (Wildman–Crippen LogP) is -1.01. The Morgan fingerprint density at radius 1 is 1.89 bits per heavy atom. The van der Waals surface area contributed by atoms with Crippen molar-refractivity contribution in [2.75, 3.05) is 6.54 Å². The summed E-state index contributed by atoms with van der Waals surface area (Å²) in [6.45, 7) is 0.533. The second-order valence-electron chi connectivity index (χ2n) is 1.62. The molecule has 0 unspecified atom stereocenters. The highest BCUT2D eigenvalue weighted by atomic mass is 16.1. The molecule has 0 aromatic heterocycles. The first-order valence-corrected chi connectivity index (χ1v) is 2.55. The Bertz CT molecular complexity index is 183. The van der Waals surface area contributed by atoms with Gasteiger partial charge in [-0.2, -0.15) is 0 Å². The van der Waals surface area contributed by atoms with Gasteiger partial charge in [0.1, 0.15) is 5.70 Å². The zero-order valence-electron chi connectivity index (χ0n) is 4.79. The van der Waals surface area contributed by atoms with Gasteiger partial charge in [0.2, 0.25) is 0 Å². The second-order valence-corrected chi connectivity index (χ2v) is 1.62. The van der Waals surface area contributed by atoms with Gasteiger partial charge < -0.3 is 11.1 Å². The van der Waals surface area contributed by atoms with Gasteiger partial charge in [0.15, 0.2) is 0 Å². The molecule has 1 aliphatic rings. The minimum Gasteiger partial charge on any atom is -0.364 e. The largest absolute Gasteiger partial charge is 0.364 e. The number of primary amides is 1. The molecule has 0 atom stereocenters. The van der Waals surface area contributed by atoms with Gasteiger partial charge in [-0.25, -0.2) is 0 Å². The van der Waals surface area contributed by atoms with Crippen LogP contribution in [0.1, 0.15) is 0 Å². The molecule has 0 spiro atoms. The van der Waals surface area contributed by atoms with Crippen molar-refractivity contribution in [3.8, 4) is 0 Å². The molecule has 3 N–H and O–H groups in total. The van der Waals surface area contributed by atoms with Crippen LogP contribution in [0.15, 0.2) is 16.8 Å². The first-order valence-electron chi connectivity index (χ1n) is 2.55. The van der Waals surface area contributed by atoms with E-state index >= 15 is 0 Å². The van der Waals surface area contributed by atoms with Crippen molar-refractivity contribution >= 4 is 12.2 Å². The number of carbonyl (C=O) groups excluding carboxylic acids is 1. The Morgan fingerprint density at radius 2 is 2.67 bits per heavy atom. The van der Waals surface area contributed by atoms with Crippen molar-refractivity contribution in [2.24, 2.45) is 10.7 Å². The minimum atomic E-state index is -0.443. The van der Waals surface area contributed by atoms with Gasteiger partial charge in [0, 0.05) is 0 Å². The lowest BCUT2D eigenvalue weighted by molar-refractivity contribution is -0.114. The molecule has 0 aromatic carbocycles. The van der Waals surface area contributed by atoms with Crippen molar-refractivity contribution in [1.29, 1.82) is 0 Å². The average Bonchev–Trinajstić information content (AvgIpc) is 1.90. The first kappa shape index (κ1) is 5.81. The molecule has 1 rings (SSSR count). The van der Waals surface area contributed by atoms with Crippen LogP contribution in [0.4, 0.5) is 0 Å². The standard InChI is InChI=1S/C5H7N3O/c6-5(9)4-1-2-7-3-8-4/h1,3H,2H2,(H2,6,9)(H,7,8). The van der Waals surface area contributed by atoms with Gasteiger partial charge in [0.25, 0.3) is 5.91 Å². The Kier molecular flexibility index (Phi) is 1.48. The monoisotopic (exact) mass is 125 g/mol. The van der Waals surface area contributed by atoms with E-state index in [0.29, 0.717) is 12.2 Å². The van der Waals surface area contributed by atoms with E-state index in [0.717, 1.165) is 0 Å². The van der Waals surface area contributed by atoms with Crippen LogP contribution in [0.2, 0.25) is 0 Å². The molecule has 1 heterocycles. The molecule has 1 aliphatic heterocycles. The van der Waals surface area contributed by atoms with Gasteiger partial charge in [-0.1, -0.05) is 0 Å². The van der Waals surface area contributed by atoms with Gasteiger partial charge in [-0.3, -0.25) is 9.79 Å². The van der Waals surface area contributed by atoms with Gasteiger partial charge in [0.05, 0.1) is 12.9 Å². The minimum absolute atomic E-state index is 0.421. The Morgan fingerprint density at radius 3 is 3.00 bits per heavy atom. The van der Waals surface area contributed by atoms with Crippen LogP contribution in [0, 0.1) is 0 Å². The summed E-state index contributed by atoms with van der Waals surface area (Å²) in [7, 11) is 0. The number of aliphatic imine (C=N–C) groups is 1. The number of hydrogen-bond acceptors (Lipinski definition) is 3. The van der Waals surface area contributed by atoms with Crippen LogP contribution in [0.25, 0.3) is 0 Å². The molecule has 0 saturated heterocycles. The summed E-state index contributed by atoms with van der Waals surface area (Å²) in [5.74, 6) is -0.443. The van der Waals surface area contributed by atoms with Crippen LogP contribution in [-0.2, 0) is 4.79 Å². The van der Waals surface area contributed by atoms with Crippen LogP contribution in [-0.4, -0.2) is 18.8 Å². The maximum absolute atomic E-state index is 10.4. The fraction of sp³-hybridized carbons (Fsp3) is 0.200. The molecule has 4 heteroatoms. The molecular weight excluding hydrogens is 118 g/mol. The molecule has 48 valence electrons. The Hall–Kier alpha value is -1.32. The molecule has 0 radical (unpaired) electrons. The second kappa shape index (κ2) is 2.30. The van der Waals surface area contributed by atoms with E-state index in [4.69, 9.17) is 5.73 Å². The number of carbonyl (C=O) groups is 1. The number of nitrogens with one attached hydrogen (secondary N) is 1. The topological polar surface area (TPSA) is 67.5 Å². The summed E-state index contributed by atoms with van der Waals surface area (Å²) in [6.07, 6.45) is 3.10. The third kappa shape index (κ3) is 1.28. The van der Waals surface area contributed by atoms with E-state index in [1.807, 2.05) is 0 Å². The van der Waals surface area contributed by atoms with Gasteiger partial charge in [-0.15, -0.1) is 0 Å². The summed E-state index contributed by atoms with van der Waals surface area (Å²) in [5, 5.41) is 2.61. The smallest absolute Gasteiger partial charge is 0.264 e. The molecule has 0 saturated carbocycles. The number of amides is 1. The molecule has 0 aromatic rings. The van der Waals surface area contributed by atoms with Crippen molar-refractivity contribution in [3.63, 3.8) is 0 Å². The van der Waals surface area contributed by atoms with Crippen molar-refractivity contribution in [2.45, 2.75) is 0 Å².